The Kier molecular flexibility index (Phi) is 3.76. The summed E-state index contributed by atoms with van der Waals surface area (Å²) in [5.74, 6) is -0.251. The van der Waals surface area contributed by atoms with Crippen molar-refractivity contribution in [1.82, 2.24) is 0 Å². The fourth-order valence-electron chi connectivity index (χ4n) is 1.16. The summed E-state index contributed by atoms with van der Waals surface area (Å²) in [5, 5.41) is 0. The zero-order valence-corrected chi connectivity index (χ0v) is 11.6. The highest BCUT2D eigenvalue weighted by atomic mass is 127. The van der Waals surface area contributed by atoms with Crippen LogP contribution in [-0.2, 0) is 4.74 Å². The SMILES string of the molecule is Cc1c(I)cccc1C(=O)OC(C)(C)C. The van der Waals surface area contributed by atoms with Crippen molar-refractivity contribution in [3.05, 3.63) is 32.9 Å². The summed E-state index contributed by atoms with van der Waals surface area (Å²) < 4.78 is 6.40. The van der Waals surface area contributed by atoms with Gasteiger partial charge in [-0.3, -0.25) is 0 Å². The van der Waals surface area contributed by atoms with Crippen LogP contribution in [0.5, 0.6) is 0 Å². The average molecular weight is 318 g/mol. The van der Waals surface area contributed by atoms with Gasteiger partial charge in [0, 0.05) is 3.57 Å². The van der Waals surface area contributed by atoms with Crippen LogP contribution >= 0.6 is 22.6 Å². The Hall–Kier alpha value is -0.580. The van der Waals surface area contributed by atoms with E-state index in [1.54, 1.807) is 6.07 Å². The van der Waals surface area contributed by atoms with Crippen molar-refractivity contribution < 1.29 is 9.53 Å². The lowest BCUT2D eigenvalue weighted by atomic mass is 10.1. The zero-order valence-electron chi connectivity index (χ0n) is 9.43. The number of hydrogen-bond donors (Lipinski definition) is 0. The van der Waals surface area contributed by atoms with Gasteiger partial charge in [-0.2, -0.15) is 0 Å². The molecule has 2 nitrogen and oxygen atoms in total. The molecular weight excluding hydrogens is 303 g/mol. The number of esters is 1. The lowest BCUT2D eigenvalue weighted by Crippen LogP contribution is -2.24. The van der Waals surface area contributed by atoms with E-state index in [0.717, 1.165) is 9.13 Å². The molecule has 0 heterocycles. The molecule has 0 spiro atoms. The molecule has 0 aliphatic carbocycles. The molecule has 1 aromatic rings. The molecule has 0 N–H and O–H groups in total. The van der Waals surface area contributed by atoms with Crippen LogP contribution in [0.4, 0.5) is 0 Å². The van der Waals surface area contributed by atoms with Gasteiger partial charge in [-0.15, -0.1) is 0 Å². The molecule has 1 aromatic carbocycles. The summed E-state index contributed by atoms with van der Waals surface area (Å²) in [6, 6.07) is 5.64. The Morgan fingerprint density at radius 2 is 1.93 bits per heavy atom. The smallest absolute Gasteiger partial charge is 0.338 e. The number of hydrogen-bond acceptors (Lipinski definition) is 2. The number of carbonyl (C=O) groups is 1. The summed E-state index contributed by atoms with van der Waals surface area (Å²) in [5.41, 5.74) is 1.19. The molecule has 0 aliphatic rings. The summed E-state index contributed by atoms with van der Waals surface area (Å²) in [7, 11) is 0. The van der Waals surface area contributed by atoms with Crippen molar-refractivity contribution in [3.63, 3.8) is 0 Å². The first-order valence-electron chi connectivity index (χ1n) is 4.80. The van der Waals surface area contributed by atoms with Crippen molar-refractivity contribution >= 4 is 28.6 Å². The summed E-state index contributed by atoms with van der Waals surface area (Å²) in [4.78, 5) is 11.8. The molecule has 3 heteroatoms. The van der Waals surface area contributed by atoms with Crippen molar-refractivity contribution in [2.24, 2.45) is 0 Å². The third kappa shape index (κ3) is 3.48. The molecule has 0 saturated carbocycles. The maximum absolute atomic E-state index is 11.8. The third-order valence-electron chi connectivity index (χ3n) is 1.89. The minimum atomic E-state index is -0.440. The second kappa shape index (κ2) is 4.51. The van der Waals surface area contributed by atoms with Gasteiger partial charge in [-0.1, -0.05) is 6.07 Å². The van der Waals surface area contributed by atoms with E-state index in [1.165, 1.54) is 0 Å². The summed E-state index contributed by atoms with van der Waals surface area (Å²) >= 11 is 2.21. The molecule has 0 fully saturated rings. The van der Waals surface area contributed by atoms with Crippen LogP contribution in [0.15, 0.2) is 18.2 Å². The number of benzene rings is 1. The molecule has 0 atom stereocenters. The predicted octanol–water partition coefficient (Wildman–Crippen LogP) is 3.55. The monoisotopic (exact) mass is 318 g/mol. The normalized spacial score (nSPS) is 11.3. The second-order valence-electron chi connectivity index (χ2n) is 4.41. The summed E-state index contributed by atoms with van der Waals surface area (Å²) in [6.45, 7) is 7.54. The minimum Gasteiger partial charge on any atom is -0.456 e. The third-order valence-corrected chi connectivity index (χ3v) is 3.06. The second-order valence-corrected chi connectivity index (χ2v) is 5.58. The van der Waals surface area contributed by atoms with Gasteiger partial charge in [0.15, 0.2) is 0 Å². The number of rotatable bonds is 1. The van der Waals surface area contributed by atoms with Crippen molar-refractivity contribution in [3.8, 4) is 0 Å². The highest BCUT2D eigenvalue weighted by Gasteiger charge is 2.19. The van der Waals surface area contributed by atoms with Crippen LogP contribution < -0.4 is 0 Å². The topological polar surface area (TPSA) is 26.3 Å². The van der Waals surface area contributed by atoms with Crippen LogP contribution in [0.3, 0.4) is 0 Å². The van der Waals surface area contributed by atoms with Crippen LogP contribution in [0.1, 0.15) is 36.7 Å². The van der Waals surface area contributed by atoms with E-state index in [9.17, 15) is 4.79 Å². The molecule has 1 rings (SSSR count). The fraction of sp³-hybridized carbons (Fsp3) is 0.417. The van der Waals surface area contributed by atoms with Gasteiger partial charge < -0.3 is 4.74 Å². The Morgan fingerprint density at radius 1 is 1.33 bits per heavy atom. The molecule has 0 saturated heterocycles. The largest absolute Gasteiger partial charge is 0.456 e. The van der Waals surface area contributed by atoms with E-state index < -0.39 is 5.60 Å². The van der Waals surface area contributed by atoms with Crippen molar-refractivity contribution in [2.75, 3.05) is 0 Å². The molecule has 82 valence electrons. The van der Waals surface area contributed by atoms with E-state index >= 15 is 0 Å². The van der Waals surface area contributed by atoms with E-state index in [-0.39, 0.29) is 5.97 Å². The van der Waals surface area contributed by atoms with Gasteiger partial charge in [0.25, 0.3) is 0 Å². The van der Waals surface area contributed by atoms with Gasteiger partial charge in [-0.25, -0.2) is 4.79 Å². The first-order chi connectivity index (χ1) is 6.81. The first-order valence-corrected chi connectivity index (χ1v) is 5.87. The van der Waals surface area contributed by atoms with E-state index in [4.69, 9.17) is 4.74 Å². The van der Waals surface area contributed by atoms with Crippen LogP contribution in [0.25, 0.3) is 0 Å². The number of halogens is 1. The molecule has 0 radical (unpaired) electrons. The fourth-order valence-corrected chi connectivity index (χ4v) is 1.66. The van der Waals surface area contributed by atoms with Gasteiger partial charge in [0.1, 0.15) is 5.60 Å². The highest BCUT2D eigenvalue weighted by Crippen LogP contribution is 2.19. The Morgan fingerprint density at radius 3 is 2.47 bits per heavy atom. The minimum absolute atomic E-state index is 0.251. The highest BCUT2D eigenvalue weighted by molar-refractivity contribution is 14.1. The van der Waals surface area contributed by atoms with Crippen LogP contribution in [0, 0.1) is 10.5 Å². The van der Waals surface area contributed by atoms with Crippen molar-refractivity contribution in [2.45, 2.75) is 33.3 Å². The molecule has 0 aromatic heterocycles. The van der Waals surface area contributed by atoms with Gasteiger partial charge in [-0.05, 0) is 68.0 Å². The predicted molar refractivity (Wildman–Crippen MR) is 69.1 cm³/mol. The van der Waals surface area contributed by atoms with Crippen LogP contribution in [-0.4, -0.2) is 11.6 Å². The van der Waals surface area contributed by atoms with E-state index in [2.05, 4.69) is 22.6 Å². The Bertz CT molecular complexity index is 378. The standard InChI is InChI=1S/C12H15IO2/c1-8-9(6-5-7-10(8)13)11(14)15-12(2,3)4/h5-7H,1-4H3. The molecule has 15 heavy (non-hydrogen) atoms. The number of carbonyl (C=O) groups excluding carboxylic acids is 1. The number of ether oxygens (including phenoxy) is 1. The average Bonchev–Trinajstić information content (AvgIpc) is 2.06. The Labute approximate surface area is 104 Å². The molecule has 0 aliphatic heterocycles. The van der Waals surface area contributed by atoms with Gasteiger partial charge in [0.2, 0.25) is 0 Å². The maximum Gasteiger partial charge on any atom is 0.338 e. The van der Waals surface area contributed by atoms with Gasteiger partial charge >= 0.3 is 5.97 Å². The molecular formula is C12H15IO2. The maximum atomic E-state index is 11.8. The summed E-state index contributed by atoms with van der Waals surface area (Å²) in [6.07, 6.45) is 0. The van der Waals surface area contributed by atoms with E-state index in [0.29, 0.717) is 5.56 Å². The van der Waals surface area contributed by atoms with E-state index in [1.807, 2.05) is 39.8 Å². The Balaban J connectivity index is 2.97. The lowest BCUT2D eigenvalue weighted by molar-refractivity contribution is 0.00687. The lowest BCUT2D eigenvalue weighted by Gasteiger charge is -2.20. The van der Waals surface area contributed by atoms with Crippen LogP contribution in [0.2, 0.25) is 0 Å². The van der Waals surface area contributed by atoms with Gasteiger partial charge in [0.05, 0.1) is 5.56 Å². The molecule has 0 bridgehead atoms. The molecule has 0 unspecified atom stereocenters. The molecule has 0 amide bonds. The van der Waals surface area contributed by atoms with Crippen molar-refractivity contribution in [1.29, 1.82) is 0 Å². The first kappa shape index (κ1) is 12.5. The quantitative estimate of drug-likeness (QED) is 0.585. The zero-order chi connectivity index (χ0) is 11.6.